The Hall–Kier alpha value is -3.32. The van der Waals surface area contributed by atoms with Gasteiger partial charge in [0.25, 0.3) is 0 Å². The number of likely N-dealkylation sites (tertiary alicyclic amines) is 1. The number of rotatable bonds is 5. The summed E-state index contributed by atoms with van der Waals surface area (Å²) in [6.45, 7) is 2.19. The molecule has 5 rings (SSSR count). The molecule has 3 aromatic rings. The van der Waals surface area contributed by atoms with Crippen molar-refractivity contribution >= 4 is 45.0 Å². The van der Waals surface area contributed by atoms with Crippen molar-refractivity contribution in [3.8, 4) is 10.6 Å². The van der Waals surface area contributed by atoms with Crippen LogP contribution in [-0.2, 0) is 14.4 Å². The lowest BCUT2D eigenvalue weighted by Gasteiger charge is -2.14. The lowest BCUT2D eigenvalue weighted by atomic mass is 9.85. The van der Waals surface area contributed by atoms with E-state index in [2.05, 4.69) is 24.4 Å². The zero-order chi connectivity index (χ0) is 22.2. The molecule has 2 unspecified atom stereocenters. The summed E-state index contributed by atoms with van der Waals surface area (Å²) >= 11 is 1.64. The van der Waals surface area contributed by atoms with Gasteiger partial charge in [0, 0.05) is 24.2 Å². The van der Waals surface area contributed by atoms with Crippen LogP contribution in [0, 0.1) is 18.8 Å². The van der Waals surface area contributed by atoms with E-state index in [-0.39, 0.29) is 42.5 Å². The first kappa shape index (κ1) is 20.6. The van der Waals surface area contributed by atoms with E-state index in [1.54, 1.807) is 11.3 Å². The highest BCUT2D eigenvalue weighted by Crippen LogP contribution is 2.35. The molecule has 1 aliphatic carbocycles. The van der Waals surface area contributed by atoms with E-state index >= 15 is 0 Å². The number of imide groups is 1. The summed E-state index contributed by atoms with van der Waals surface area (Å²) in [5.74, 6) is -1.02. The van der Waals surface area contributed by atoms with Gasteiger partial charge < -0.3 is 5.32 Å². The maximum absolute atomic E-state index is 12.5. The van der Waals surface area contributed by atoms with Gasteiger partial charge in [0.1, 0.15) is 5.01 Å². The second-order valence-corrected chi connectivity index (χ2v) is 9.38. The molecular formula is C25H23N3O3S. The number of aryl methyl sites for hydroxylation is 1. The highest BCUT2D eigenvalue weighted by atomic mass is 32.1. The average molecular weight is 446 g/mol. The maximum atomic E-state index is 12.5. The molecule has 1 fully saturated rings. The molecule has 1 N–H and O–H groups in total. The van der Waals surface area contributed by atoms with Crippen LogP contribution in [0.4, 0.5) is 5.69 Å². The topological polar surface area (TPSA) is 79.4 Å². The molecule has 32 heavy (non-hydrogen) atoms. The van der Waals surface area contributed by atoms with Gasteiger partial charge in [-0.05, 0) is 61.7 Å². The minimum Gasteiger partial charge on any atom is -0.326 e. The second-order valence-electron chi connectivity index (χ2n) is 8.35. The van der Waals surface area contributed by atoms with Crippen LogP contribution >= 0.6 is 11.3 Å². The van der Waals surface area contributed by atoms with Crippen molar-refractivity contribution in [2.75, 3.05) is 11.9 Å². The summed E-state index contributed by atoms with van der Waals surface area (Å²) in [7, 11) is 0. The Morgan fingerprint density at radius 3 is 2.44 bits per heavy atom. The van der Waals surface area contributed by atoms with Crippen molar-refractivity contribution in [1.82, 2.24) is 9.88 Å². The fourth-order valence-electron chi connectivity index (χ4n) is 4.38. The first-order chi connectivity index (χ1) is 15.5. The Balaban J connectivity index is 1.20. The highest BCUT2D eigenvalue weighted by molar-refractivity contribution is 7.21. The third-order valence-electron chi connectivity index (χ3n) is 6.12. The number of anilines is 1. The Labute approximate surface area is 190 Å². The molecule has 0 bridgehead atoms. The second kappa shape index (κ2) is 8.31. The zero-order valence-corrected chi connectivity index (χ0v) is 18.5. The minimum atomic E-state index is -0.255. The van der Waals surface area contributed by atoms with Crippen LogP contribution in [0.25, 0.3) is 20.8 Å². The highest BCUT2D eigenvalue weighted by Gasteiger charge is 2.46. The van der Waals surface area contributed by atoms with Gasteiger partial charge in [0.2, 0.25) is 17.7 Å². The molecule has 3 amide bonds. The average Bonchev–Trinajstić information content (AvgIpc) is 3.32. The molecule has 7 heteroatoms. The van der Waals surface area contributed by atoms with Crippen LogP contribution < -0.4 is 5.32 Å². The third-order valence-corrected chi connectivity index (χ3v) is 7.19. The van der Waals surface area contributed by atoms with Crippen LogP contribution in [0.3, 0.4) is 0 Å². The molecule has 0 saturated carbocycles. The number of nitrogens with one attached hydrogen (secondary N) is 1. The summed E-state index contributed by atoms with van der Waals surface area (Å²) in [6.07, 6.45) is 5.23. The van der Waals surface area contributed by atoms with Crippen LogP contribution in [-0.4, -0.2) is 34.2 Å². The van der Waals surface area contributed by atoms with Crippen molar-refractivity contribution in [3.63, 3.8) is 0 Å². The molecule has 1 aliphatic heterocycles. The smallest absolute Gasteiger partial charge is 0.233 e. The van der Waals surface area contributed by atoms with Gasteiger partial charge in [-0.1, -0.05) is 18.2 Å². The first-order valence-electron chi connectivity index (χ1n) is 10.8. The predicted octanol–water partition coefficient (Wildman–Crippen LogP) is 4.55. The van der Waals surface area contributed by atoms with E-state index in [0.29, 0.717) is 18.5 Å². The summed E-state index contributed by atoms with van der Waals surface area (Å²) < 4.78 is 1.15. The molecule has 2 aromatic carbocycles. The number of hydrogen-bond acceptors (Lipinski definition) is 5. The van der Waals surface area contributed by atoms with Crippen LogP contribution in [0.1, 0.15) is 24.8 Å². The number of amides is 3. The molecule has 2 heterocycles. The Morgan fingerprint density at radius 2 is 1.75 bits per heavy atom. The van der Waals surface area contributed by atoms with Gasteiger partial charge in [-0.3, -0.25) is 19.3 Å². The fraction of sp³-hybridized carbons (Fsp3) is 0.280. The van der Waals surface area contributed by atoms with Crippen LogP contribution in [0.2, 0.25) is 0 Å². The van der Waals surface area contributed by atoms with Gasteiger partial charge in [-0.15, -0.1) is 11.3 Å². The Morgan fingerprint density at radius 1 is 1.06 bits per heavy atom. The van der Waals surface area contributed by atoms with Gasteiger partial charge in [-0.25, -0.2) is 4.98 Å². The largest absolute Gasteiger partial charge is 0.326 e. The number of thiazole rings is 1. The molecule has 2 aliphatic rings. The van der Waals surface area contributed by atoms with E-state index in [9.17, 15) is 14.4 Å². The van der Waals surface area contributed by atoms with E-state index in [1.807, 2.05) is 42.5 Å². The van der Waals surface area contributed by atoms with Crippen molar-refractivity contribution in [1.29, 1.82) is 0 Å². The van der Waals surface area contributed by atoms with Crippen molar-refractivity contribution < 1.29 is 14.4 Å². The summed E-state index contributed by atoms with van der Waals surface area (Å²) in [6, 6.07) is 13.8. The van der Waals surface area contributed by atoms with E-state index in [0.717, 1.165) is 20.8 Å². The maximum Gasteiger partial charge on any atom is 0.233 e. The molecule has 162 valence electrons. The molecule has 1 saturated heterocycles. The molecule has 0 radical (unpaired) electrons. The van der Waals surface area contributed by atoms with E-state index < -0.39 is 0 Å². The number of carbonyl (C=O) groups is 3. The molecule has 6 nitrogen and oxygen atoms in total. The standard InChI is InChI=1S/C25H23N3O3S/c1-15-6-11-20-21(14-15)32-23(27-20)16-7-9-17(10-8-16)26-22(29)12-13-28-24(30)18-4-2-3-5-19(18)25(28)31/h2-3,6-11,14,18-19H,4-5,12-13H2,1H3,(H,26,29). The van der Waals surface area contributed by atoms with Crippen LogP contribution in [0.5, 0.6) is 0 Å². The third kappa shape index (κ3) is 3.84. The Bertz CT molecular complexity index is 1220. The monoisotopic (exact) mass is 445 g/mol. The van der Waals surface area contributed by atoms with Gasteiger partial charge in [0.15, 0.2) is 0 Å². The number of hydrogen-bond donors (Lipinski definition) is 1. The molecule has 1 aromatic heterocycles. The van der Waals surface area contributed by atoms with E-state index in [4.69, 9.17) is 4.98 Å². The zero-order valence-electron chi connectivity index (χ0n) is 17.7. The number of nitrogens with zero attached hydrogens (tertiary/aromatic N) is 2. The van der Waals surface area contributed by atoms with Gasteiger partial charge >= 0.3 is 0 Å². The van der Waals surface area contributed by atoms with Gasteiger partial charge in [-0.2, -0.15) is 0 Å². The van der Waals surface area contributed by atoms with E-state index in [1.165, 1.54) is 10.5 Å². The summed E-state index contributed by atoms with van der Waals surface area (Å²) in [5, 5.41) is 3.79. The quantitative estimate of drug-likeness (QED) is 0.462. The molecule has 2 atom stereocenters. The lowest BCUT2D eigenvalue weighted by molar-refractivity contribution is -0.140. The number of carbonyl (C=O) groups excluding carboxylic acids is 3. The van der Waals surface area contributed by atoms with Crippen molar-refractivity contribution in [2.45, 2.75) is 26.2 Å². The Kier molecular flexibility index (Phi) is 5.35. The first-order valence-corrected chi connectivity index (χ1v) is 11.6. The number of benzene rings is 2. The lowest BCUT2D eigenvalue weighted by Crippen LogP contribution is -2.34. The molecular weight excluding hydrogens is 422 g/mol. The number of aromatic nitrogens is 1. The predicted molar refractivity (Wildman–Crippen MR) is 125 cm³/mol. The summed E-state index contributed by atoms with van der Waals surface area (Å²) in [5.41, 5.74) is 3.85. The number of fused-ring (bicyclic) bond motifs is 2. The summed E-state index contributed by atoms with van der Waals surface area (Å²) in [4.78, 5) is 43.4. The van der Waals surface area contributed by atoms with Crippen LogP contribution in [0.15, 0.2) is 54.6 Å². The number of allylic oxidation sites excluding steroid dienone is 2. The molecule has 0 spiro atoms. The minimum absolute atomic E-state index is 0.0866. The van der Waals surface area contributed by atoms with Crippen molar-refractivity contribution in [3.05, 3.63) is 60.2 Å². The fourth-order valence-corrected chi connectivity index (χ4v) is 5.45. The SMILES string of the molecule is Cc1ccc2nc(-c3ccc(NC(=O)CCN4C(=O)C5CC=CCC5C4=O)cc3)sc2c1. The normalized spacial score (nSPS) is 20.1. The van der Waals surface area contributed by atoms with Crippen molar-refractivity contribution in [2.24, 2.45) is 11.8 Å². The van der Waals surface area contributed by atoms with Gasteiger partial charge in [0.05, 0.1) is 22.1 Å².